The number of aliphatic carboxylic acids is 1. The molecule has 1 aromatic heterocycles. The van der Waals surface area contributed by atoms with Gasteiger partial charge in [-0.05, 0) is 44.4 Å². The lowest BCUT2D eigenvalue weighted by Crippen LogP contribution is -2.49. The van der Waals surface area contributed by atoms with Gasteiger partial charge in [0, 0.05) is 11.1 Å². The zero-order chi connectivity index (χ0) is 14.3. The van der Waals surface area contributed by atoms with Crippen molar-refractivity contribution >= 4 is 28.3 Å². The number of rotatable bonds is 3. The fourth-order valence-corrected chi connectivity index (χ4v) is 4.45. The summed E-state index contributed by atoms with van der Waals surface area (Å²) in [5, 5.41) is 12.8. The molecule has 3 fully saturated rings. The lowest BCUT2D eigenvalue weighted by Gasteiger charge is -2.45. The van der Waals surface area contributed by atoms with Crippen LogP contribution >= 0.6 is 11.3 Å². The summed E-state index contributed by atoms with van der Waals surface area (Å²) >= 11 is 1.42. The van der Waals surface area contributed by atoms with Crippen molar-refractivity contribution < 1.29 is 14.7 Å². The van der Waals surface area contributed by atoms with E-state index >= 15 is 0 Å². The number of carbonyl (C=O) groups excluding carboxylic acids is 1. The average Bonchev–Trinajstić information content (AvgIpc) is 2.84. The Kier molecular flexibility index (Phi) is 3.50. The summed E-state index contributed by atoms with van der Waals surface area (Å²) < 4.78 is 0. The molecule has 5 nitrogen and oxygen atoms in total. The standard InChI is InChI=1S/C14H18N2O3S/c1-7-6-15-14(20-7)16-12(17)10-8-2-4-9(5-3-8)11(10)13(18)19/h6,8-11H,2-5H2,1H3,(H,18,19)(H,15,16,17)/t8?,9?,10-,11-/m0/s1. The molecule has 3 saturated carbocycles. The molecule has 108 valence electrons. The van der Waals surface area contributed by atoms with Gasteiger partial charge in [0.2, 0.25) is 5.91 Å². The number of carbonyl (C=O) groups is 2. The van der Waals surface area contributed by atoms with Crippen molar-refractivity contribution in [3.63, 3.8) is 0 Å². The summed E-state index contributed by atoms with van der Waals surface area (Å²) in [6.07, 6.45) is 5.55. The molecule has 1 amide bonds. The van der Waals surface area contributed by atoms with Crippen molar-refractivity contribution in [1.82, 2.24) is 4.98 Å². The quantitative estimate of drug-likeness (QED) is 0.897. The maximum absolute atomic E-state index is 12.5. The minimum Gasteiger partial charge on any atom is -0.481 e. The second-order valence-electron chi connectivity index (χ2n) is 5.83. The monoisotopic (exact) mass is 294 g/mol. The van der Waals surface area contributed by atoms with Crippen molar-refractivity contribution in [3.8, 4) is 0 Å². The fourth-order valence-electron chi connectivity index (χ4n) is 3.78. The smallest absolute Gasteiger partial charge is 0.307 e. The zero-order valence-electron chi connectivity index (χ0n) is 11.3. The number of carboxylic acids is 1. The topological polar surface area (TPSA) is 79.3 Å². The normalized spacial score (nSPS) is 32.0. The predicted octanol–water partition coefficient (Wildman–Crippen LogP) is 2.53. The minimum absolute atomic E-state index is 0.159. The van der Waals surface area contributed by atoms with Crippen LogP contribution in [0.4, 0.5) is 5.13 Å². The number of aromatic nitrogens is 1. The number of hydrogen-bond acceptors (Lipinski definition) is 4. The SMILES string of the molecule is Cc1cnc(NC(=O)[C@H]2C3CCC(CC3)[C@@H]2C(=O)O)s1. The van der Waals surface area contributed by atoms with Crippen molar-refractivity contribution in [2.24, 2.45) is 23.7 Å². The molecule has 3 aliphatic carbocycles. The van der Waals surface area contributed by atoms with E-state index in [9.17, 15) is 14.7 Å². The van der Waals surface area contributed by atoms with Gasteiger partial charge in [0.05, 0.1) is 11.8 Å². The summed E-state index contributed by atoms with van der Waals surface area (Å²) in [5.41, 5.74) is 0. The molecular formula is C14H18N2O3S. The molecular weight excluding hydrogens is 276 g/mol. The van der Waals surface area contributed by atoms with Gasteiger partial charge < -0.3 is 10.4 Å². The fraction of sp³-hybridized carbons (Fsp3) is 0.643. The number of nitrogens with one attached hydrogen (secondary N) is 1. The van der Waals surface area contributed by atoms with Crippen molar-refractivity contribution in [1.29, 1.82) is 0 Å². The highest BCUT2D eigenvalue weighted by Gasteiger charge is 2.50. The Labute approximate surface area is 121 Å². The highest BCUT2D eigenvalue weighted by molar-refractivity contribution is 7.15. The van der Waals surface area contributed by atoms with E-state index in [-0.39, 0.29) is 17.7 Å². The van der Waals surface area contributed by atoms with E-state index in [0.717, 1.165) is 30.6 Å². The number of hydrogen-bond donors (Lipinski definition) is 2. The van der Waals surface area contributed by atoms with Gasteiger partial charge in [-0.2, -0.15) is 0 Å². The molecule has 0 radical (unpaired) electrons. The lowest BCUT2D eigenvalue weighted by atomic mass is 9.58. The third-order valence-electron chi connectivity index (χ3n) is 4.66. The molecule has 2 N–H and O–H groups in total. The van der Waals surface area contributed by atoms with E-state index in [4.69, 9.17) is 0 Å². The first-order valence-electron chi connectivity index (χ1n) is 7.02. The molecule has 0 unspecified atom stereocenters. The van der Waals surface area contributed by atoms with Gasteiger partial charge in [-0.1, -0.05) is 0 Å². The molecule has 4 rings (SSSR count). The van der Waals surface area contributed by atoms with Crippen molar-refractivity contribution in [2.75, 3.05) is 5.32 Å². The van der Waals surface area contributed by atoms with E-state index in [1.807, 2.05) is 6.92 Å². The number of anilines is 1. The minimum atomic E-state index is -0.824. The first-order valence-corrected chi connectivity index (χ1v) is 7.84. The van der Waals surface area contributed by atoms with Crippen LogP contribution in [0.25, 0.3) is 0 Å². The van der Waals surface area contributed by atoms with Crippen LogP contribution in [-0.2, 0) is 9.59 Å². The van der Waals surface area contributed by atoms with Gasteiger partial charge in [0.25, 0.3) is 0 Å². The molecule has 6 heteroatoms. The molecule has 0 aromatic carbocycles. The van der Waals surface area contributed by atoms with Crippen LogP contribution in [0.3, 0.4) is 0 Å². The van der Waals surface area contributed by atoms with E-state index in [2.05, 4.69) is 10.3 Å². The Bertz CT molecular complexity index is 534. The van der Waals surface area contributed by atoms with Crippen LogP contribution in [0.15, 0.2) is 6.20 Å². The Morgan fingerprint density at radius 2 is 1.85 bits per heavy atom. The lowest BCUT2D eigenvalue weighted by molar-refractivity contribution is -0.156. The number of fused-ring (bicyclic) bond motifs is 3. The molecule has 1 aromatic rings. The molecule has 2 atom stereocenters. The Balaban J connectivity index is 1.79. The van der Waals surface area contributed by atoms with Crippen LogP contribution < -0.4 is 5.32 Å². The number of thiazole rings is 1. The summed E-state index contributed by atoms with van der Waals surface area (Å²) in [7, 11) is 0. The number of aryl methyl sites for hydroxylation is 1. The van der Waals surface area contributed by atoms with Gasteiger partial charge in [-0.15, -0.1) is 11.3 Å². The van der Waals surface area contributed by atoms with Crippen LogP contribution in [0, 0.1) is 30.6 Å². The Hall–Kier alpha value is -1.43. The molecule has 0 aliphatic heterocycles. The van der Waals surface area contributed by atoms with Crippen LogP contribution in [0.2, 0.25) is 0 Å². The van der Waals surface area contributed by atoms with Gasteiger partial charge in [-0.25, -0.2) is 4.98 Å². The molecule has 0 saturated heterocycles. The number of nitrogens with zero attached hydrogens (tertiary/aromatic N) is 1. The highest BCUT2D eigenvalue weighted by Crippen LogP contribution is 2.49. The maximum atomic E-state index is 12.5. The van der Waals surface area contributed by atoms with E-state index in [1.165, 1.54) is 11.3 Å². The maximum Gasteiger partial charge on any atom is 0.307 e. The van der Waals surface area contributed by atoms with Crippen molar-refractivity contribution in [3.05, 3.63) is 11.1 Å². The first-order chi connectivity index (χ1) is 9.56. The van der Waals surface area contributed by atoms with E-state index in [1.54, 1.807) is 6.20 Å². The first kappa shape index (κ1) is 13.5. The molecule has 3 aliphatic rings. The predicted molar refractivity (Wildman–Crippen MR) is 75.5 cm³/mol. The number of amides is 1. The van der Waals surface area contributed by atoms with Gasteiger partial charge in [0.15, 0.2) is 5.13 Å². The van der Waals surface area contributed by atoms with Crippen LogP contribution in [0.1, 0.15) is 30.6 Å². The van der Waals surface area contributed by atoms with Crippen molar-refractivity contribution in [2.45, 2.75) is 32.6 Å². The van der Waals surface area contributed by atoms with E-state index < -0.39 is 17.8 Å². The second-order valence-corrected chi connectivity index (χ2v) is 7.06. The summed E-state index contributed by atoms with van der Waals surface area (Å²) in [6.45, 7) is 1.93. The average molecular weight is 294 g/mol. The number of carboxylic acid groups (broad SMARTS) is 1. The third kappa shape index (κ3) is 2.32. The molecule has 2 bridgehead atoms. The Morgan fingerprint density at radius 3 is 2.35 bits per heavy atom. The third-order valence-corrected chi connectivity index (χ3v) is 5.49. The summed E-state index contributed by atoms with van der Waals surface area (Å²) in [4.78, 5) is 29.1. The summed E-state index contributed by atoms with van der Waals surface area (Å²) in [5.74, 6) is -1.54. The zero-order valence-corrected chi connectivity index (χ0v) is 12.2. The van der Waals surface area contributed by atoms with E-state index in [0.29, 0.717) is 5.13 Å². The highest BCUT2D eigenvalue weighted by atomic mass is 32.1. The van der Waals surface area contributed by atoms with Crippen LogP contribution in [-0.4, -0.2) is 22.0 Å². The van der Waals surface area contributed by atoms with Crippen LogP contribution in [0.5, 0.6) is 0 Å². The Morgan fingerprint density at radius 1 is 1.25 bits per heavy atom. The largest absolute Gasteiger partial charge is 0.481 e. The molecule has 0 spiro atoms. The molecule has 20 heavy (non-hydrogen) atoms. The van der Waals surface area contributed by atoms with Gasteiger partial charge in [0.1, 0.15) is 0 Å². The second kappa shape index (κ2) is 5.16. The van der Waals surface area contributed by atoms with Gasteiger partial charge in [-0.3, -0.25) is 9.59 Å². The van der Waals surface area contributed by atoms with Gasteiger partial charge >= 0.3 is 5.97 Å². The molecule has 1 heterocycles. The summed E-state index contributed by atoms with van der Waals surface area (Å²) in [6, 6.07) is 0.